The molecule has 0 aromatic carbocycles. The van der Waals surface area contributed by atoms with Gasteiger partial charge in [-0.2, -0.15) is 0 Å². The molecule has 1 heterocycles. The molecule has 0 saturated carbocycles. The average Bonchev–Trinajstić information content (AvgIpc) is 2.87. The number of unbranched alkanes of at least 4 members (excludes halogenated alkanes) is 6. The smallest absolute Gasteiger partial charge is 0.0901 e. The summed E-state index contributed by atoms with van der Waals surface area (Å²) in [6.07, 6.45) is 15.6. The Morgan fingerprint density at radius 1 is 0.842 bits per heavy atom. The minimum atomic E-state index is 1.10. The van der Waals surface area contributed by atoms with Gasteiger partial charge in [-0.3, -0.25) is 0 Å². The van der Waals surface area contributed by atoms with Gasteiger partial charge in [0.25, 0.3) is 0 Å². The number of rotatable bonds is 12. The maximum atomic E-state index is 2.43. The molecule has 0 aliphatic carbocycles. The maximum Gasteiger partial charge on any atom is 0.0901 e. The Balaban J connectivity index is 1.87. The molecule has 0 radical (unpaired) electrons. The van der Waals surface area contributed by atoms with Crippen LogP contribution in [0.1, 0.15) is 65.2 Å². The van der Waals surface area contributed by atoms with Gasteiger partial charge in [-0.15, -0.1) is 11.8 Å². The van der Waals surface area contributed by atoms with Crippen LogP contribution in [0.5, 0.6) is 0 Å². The first-order valence-electron chi connectivity index (χ1n) is 8.11. The van der Waals surface area contributed by atoms with Gasteiger partial charge in [0, 0.05) is 18.9 Å². The normalized spacial score (nSPS) is 14.6. The highest BCUT2D eigenvalue weighted by Crippen LogP contribution is 2.14. The van der Waals surface area contributed by atoms with Gasteiger partial charge in [0.1, 0.15) is 0 Å². The number of thioether (sulfide) groups is 1. The Labute approximate surface area is 124 Å². The zero-order valence-electron chi connectivity index (χ0n) is 12.9. The second-order valence-corrected chi connectivity index (χ2v) is 6.57. The summed E-state index contributed by atoms with van der Waals surface area (Å²) < 4.78 is 0. The zero-order valence-corrected chi connectivity index (χ0v) is 13.8. The highest BCUT2D eigenvalue weighted by Gasteiger charge is 2.10. The Bertz CT molecular complexity index is 231. The Morgan fingerprint density at radius 2 is 1.53 bits per heavy atom. The Hall–Kier alpha value is -0.310. The van der Waals surface area contributed by atoms with Crippen molar-refractivity contribution in [1.82, 2.24) is 9.80 Å². The molecule has 0 fully saturated rings. The number of hydrogen-bond acceptors (Lipinski definition) is 3. The second-order valence-electron chi connectivity index (χ2n) is 5.50. The van der Waals surface area contributed by atoms with E-state index in [9.17, 15) is 0 Å². The van der Waals surface area contributed by atoms with Gasteiger partial charge in [0.2, 0.25) is 0 Å². The van der Waals surface area contributed by atoms with E-state index in [2.05, 4.69) is 47.8 Å². The Kier molecular flexibility index (Phi) is 10.1. The summed E-state index contributed by atoms with van der Waals surface area (Å²) in [6.45, 7) is 6.85. The largest absolute Gasteiger partial charge is 0.359 e. The molecule has 0 unspecified atom stereocenters. The van der Waals surface area contributed by atoms with E-state index < -0.39 is 0 Å². The predicted molar refractivity (Wildman–Crippen MR) is 88.2 cm³/mol. The van der Waals surface area contributed by atoms with E-state index in [1.54, 1.807) is 0 Å². The van der Waals surface area contributed by atoms with Crippen LogP contribution < -0.4 is 0 Å². The van der Waals surface area contributed by atoms with Crippen molar-refractivity contribution in [3.8, 4) is 0 Å². The minimum absolute atomic E-state index is 1.10. The molecular formula is C16H32N2S. The third-order valence-corrected chi connectivity index (χ3v) is 4.64. The Morgan fingerprint density at radius 3 is 2.32 bits per heavy atom. The first-order chi connectivity index (χ1) is 9.36. The molecule has 0 atom stereocenters. The van der Waals surface area contributed by atoms with Gasteiger partial charge < -0.3 is 9.80 Å². The van der Waals surface area contributed by atoms with Crippen LogP contribution in [-0.2, 0) is 0 Å². The van der Waals surface area contributed by atoms with Crippen LogP contribution in [0.25, 0.3) is 0 Å². The van der Waals surface area contributed by atoms with Crippen LogP contribution in [0.3, 0.4) is 0 Å². The van der Waals surface area contributed by atoms with Gasteiger partial charge in [-0.25, -0.2) is 0 Å². The molecule has 0 aromatic heterocycles. The zero-order chi connectivity index (χ0) is 13.8. The van der Waals surface area contributed by atoms with Gasteiger partial charge in [-0.05, 0) is 18.6 Å². The summed E-state index contributed by atoms with van der Waals surface area (Å²) in [7, 11) is 0. The van der Waals surface area contributed by atoms with E-state index in [-0.39, 0.29) is 0 Å². The lowest BCUT2D eigenvalue weighted by Crippen LogP contribution is -2.25. The third-order valence-electron chi connectivity index (χ3n) is 3.55. The van der Waals surface area contributed by atoms with Gasteiger partial charge in [0.05, 0.1) is 12.5 Å². The average molecular weight is 285 g/mol. The lowest BCUT2D eigenvalue weighted by atomic mass is 10.1. The third kappa shape index (κ3) is 8.46. The van der Waals surface area contributed by atoms with Gasteiger partial charge in [-0.1, -0.05) is 52.4 Å². The molecule has 0 bridgehead atoms. The molecule has 0 amide bonds. The highest BCUT2D eigenvalue weighted by molar-refractivity contribution is 7.99. The molecule has 2 nitrogen and oxygen atoms in total. The van der Waals surface area contributed by atoms with Crippen LogP contribution in [0.4, 0.5) is 0 Å². The summed E-state index contributed by atoms with van der Waals surface area (Å²) in [4.78, 5) is 4.85. The molecule has 0 N–H and O–H groups in total. The molecule has 0 saturated heterocycles. The van der Waals surface area contributed by atoms with Crippen molar-refractivity contribution in [3.05, 3.63) is 12.4 Å². The summed E-state index contributed by atoms with van der Waals surface area (Å²) in [6, 6.07) is 0. The fraction of sp³-hybridized carbons (Fsp3) is 0.875. The topological polar surface area (TPSA) is 6.48 Å². The van der Waals surface area contributed by atoms with E-state index in [1.807, 2.05) is 0 Å². The maximum absolute atomic E-state index is 2.43. The van der Waals surface area contributed by atoms with Crippen molar-refractivity contribution in [2.45, 2.75) is 65.2 Å². The first kappa shape index (κ1) is 16.7. The van der Waals surface area contributed by atoms with Crippen molar-refractivity contribution in [1.29, 1.82) is 0 Å². The van der Waals surface area contributed by atoms with Crippen molar-refractivity contribution in [2.24, 2.45) is 0 Å². The van der Waals surface area contributed by atoms with Gasteiger partial charge >= 0.3 is 0 Å². The van der Waals surface area contributed by atoms with Crippen LogP contribution in [0.15, 0.2) is 12.4 Å². The van der Waals surface area contributed by atoms with Crippen molar-refractivity contribution in [2.75, 3.05) is 24.8 Å². The van der Waals surface area contributed by atoms with Crippen molar-refractivity contribution < 1.29 is 0 Å². The van der Waals surface area contributed by atoms with Crippen molar-refractivity contribution in [3.63, 3.8) is 0 Å². The minimum Gasteiger partial charge on any atom is -0.359 e. The van der Waals surface area contributed by atoms with Gasteiger partial charge in [0.15, 0.2) is 0 Å². The molecule has 1 rings (SSSR count). The molecule has 1 aliphatic heterocycles. The highest BCUT2D eigenvalue weighted by atomic mass is 32.2. The van der Waals surface area contributed by atoms with E-state index in [0.717, 1.165) is 12.5 Å². The fourth-order valence-electron chi connectivity index (χ4n) is 2.27. The monoisotopic (exact) mass is 284 g/mol. The van der Waals surface area contributed by atoms with E-state index in [4.69, 9.17) is 0 Å². The molecule has 0 aromatic rings. The summed E-state index contributed by atoms with van der Waals surface area (Å²) in [5.74, 6) is 2.49. The second kappa shape index (κ2) is 11.5. The standard InChI is InChI=1S/C16H32N2S/c1-3-5-7-8-9-10-14-19-16-18-13-12-17(15-18)11-6-4-2/h12-13H,3-11,14-16H2,1-2H3. The van der Waals surface area contributed by atoms with E-state index >= 15 is 0 Å². The van der Waals surface area contributed by atoms with E-state index in [1.165, 1.54) is 63.7 Å². The number of hydrogen-bond donors (Lipinski definition) is 0. The molecule has 112 valence electrons. The van der Waals surface area contributed by atoms with Crippen LogP contribution in [0.2, 0.25) is 0 Å². The molecule has 1 aliphatic rings. The summed E-state index contributed by atoms with van der Waals surface area (Å²) in [5, 5.41) is 0. The summed E-state index contributed by atoms with van der Waals surface area (Å²) in [5.41, 5.74) is 0. The SMILES string of the molecule is CCCCCCCCSCN1C=CN(CCCC)C1. The fourth-order valence-corrected chi connectivity index (χ4v) is 3.21. The molecule has 3 heteroatoms. The van der Waals surface area contributed by atoms with Crippen LogP contribution >= 0.6 is 11.8 Å². The van der Waals surface area contributed by atoms with Crippen LogP contribution in [0, 0.1) is 0 Å². The summed E-state index contributed by atoms with van der Waals surface area (Å²) >= 11 is 2.09. The lowest BCUT2D eigenvalue weighted by Gasteiger charge is -2.20. The molecule has 19 heavy (non-hydrogen) atoms. The lowest BCUT2D eigenvalue weighted by molar-refractivity contribution is 0.287. The quantitative estimate of drug-likeness (QED) is 0.471. The van der Waals surface area contributed by atoms with Crippen molar-refractivity contribution >= 4 is 11.8 Å². The van der Waals surface area contributed by atoms with E-state index in [0.29, 0.717) is 0 Å². The van der Waals surface area contributed by atoms with Crippen LogP contribution in [-0.4, -0.2) is 34.6 Å². The number of nitrogens with zero attached hydrogens (tertiary/aromatic N) is 2. The first-order valence-corrected chi connectivity index (χ1v) is 9.26. The molecule has 0 spiro atoms. The predicted octanol–water partition coefficient (Wildman–Crippen LogP) is 4.88. The molecular weight excluding hydrogens is 252 g/mol.